The van der Waals surface area contributed by atoms with Gasteiger partial charge in [0.05, 0.1) is 45.7 Å². The van der Waals surface area contributed by atoms with Gasteiger partial charge < -0.3 is 29.2 Å². The predicted octanol–water partition coefficient (Wildman–Crippen LogP) is 4.11. The van der Waals surface area contributed by atoms with Crippen LogP contribution in [0.15, 0.2) is 0 Å². The maximum absolute atomic E-state index is 10.7. The first-order chi connectivity index (χ1) is 13.1. The Morgan fingerprint density at radius 2 is 1.43 bits per heavy atom. The quantitative estimate of drug-likeness (QED) is 0.351. The Bertz CT molecular complexity index is 414. The Hall–Kier alpha value is -0.890. The van der Waals surface area contributed by atoms with Crippen LogP contribution in [0.4, 0.5) is 4.79 Å². The Labute approximate surface area is 170 Å². The lowest BCUT2D eigenvalue weighted by Gasteiger charge is -2.34. The van der Waals surface area contributed by atoms with Crippen LogP contribution in [0.1, 0.15) is 67.2 Å². The highest BCUT2D eigenvalue weighted by Gasteiger charge is 2.31. The van der Waals surface area contributed by atoms with E-state index < -0.39 is 18.4 Å². The maximum Gasteiger partial charge on any atom is 0.506 e. The molecule has 0 aliphatic heterocycles. The van der Waals surface area contributed by atoms with Crippen LogP contribution in [0.25, 0.3) is 0 Å². The van der Waals surface area contributed by atoms with Crippen molar-refractivity contribution in [2.75, 3.05) is 39.6 Å². The number of aliphatic hydroxyl groups excluding tert-OH is 1. The Balaban J connectivity index is 4.84. The number of carboxylic acid groups (broad SMARTS) is 1. The minimum Gasteiger partial charge on any atom is -0.450 e. The molecule has 0 spiro atoms. The summed E-state index contributed by atoms with van der Waals surface area (Å²) in [5.41, 5.74) is -0.263. The zero-order valence-electron chi connectivity index (χ0n) is 18.7. The summed E-state index contributed by atoms with van der Waals surface area (Å²) in [6.07, 6.45) is 0.719. The van der Waals surface area contributed by atoms with Crippen molar-refractivity contribution in [2.24, 2.45) is 10.8 Å². The third-order valence-corrected chi connectivity index (χ3v) is 5.23. The third kappa shape index (κ3) is 11.8. The van der Waals surface area contributed by atoms with Gasteiger partial charge in [0, 0.05) is 5.41 Å². The van der Waals surface area contributed by atoms with E-state index in [4.69, 9.17) is 24.1 Å². The van der Waals surface area contributed by atoms with Gasteiger partial charge in [-0.25, -0.2) is 4.79 Å². The minimum absolute atomic E-state index is 0.0994. The lowest BCUT2D eigenvalue weighted by molar-refractivity contribution is -0.102. The van der Waals surface area contributed by atoms with Crippen molar-refractivity contribution in [1.82, 2.24) is 0 Å². The van der Waals surface area contributed by atoms with Crippen molar-refractivity contribution in [2.45, 2.75) is 79.4 Å². The van der Waals surface area contributed by atoms with Crippen LogP contribution in [-0.4, -0.2) is 68.2 Å². The fourth-order valence-corrected chi connectivity index (χ4v) is 2.39. The molecule has 0 saturated carbocycles. The van der Waals surface area contributed by atoms with Crippen LogP contribution >= 0.6 is 0 Å². The van der Waals surface area contributed by atoms with Gasteiger partial charge in [0.1, 0.15) is 6.10 Å². The molecule has 0 amide bonds. The monoisotopic (exact) mass is 406 g/mol. The number of carbonyl (C=O) groups is 1. The highest BCUT2D eigenvalue weighted by atomic mass is 16.7. The summed E-state index contributed by atoms with van der Waals surface area (Å²) in [7, 11) is 0. The fourth-order valence-electron chi connectivity index (χ4n) is 2.39. The van der Waals surface area contributed by atoms with Gasteiger partial charge >= 0.3 is 6.16 Å². The van der Waals surface area contributed by atoms with E-state index in [9.17, 15) is 9.90 Å². The molecule has 168 valence electrons. The molecule has 3 unspecified atom stereocenters. The van der Waals surface area contributed by atoms with E-state index in [0.717, 1.165) is 12.8 Å². The van der Waals surface area contributed by atoms with E-state index in [1.54, 1.807) is 0 Å². The first-order valence-corrected chi connectivity index (χ1v) is 10.4. The zero-order valence-corrected chi connectivity index (χ0v) is 18.7. The summed E-state index contributed by atoms with van der Waals surface area (Å²) in [6.45, 7) is 14.7. The molecule has 0 aromatic carbocycles. The number of hydrogen-bond donors (Lipinski definition) is 2. The fraction of sp³-hybridized carbons (Fsp3) is 0.952. The van der Waals surface area contributed by atoms with Crippen molar-refractivity contribution < 1.29 is 34.0 Å². The normalized spacial score (nSPS) is 16.4. The van der Waals surface area contributed by atoms with Crippen LogP contribution in [0.2, 0.25) is 0 Å². The second-order valence-corrected chi connectivity index (χ2v) is 8.37. The molecule has 0 fully saturated rings. The van der Waals surface area contributed by atoms with Gasteiger partial charge in [-0.1, -0.05) is 41.5 Å². The molecular formula is C21H42O7. The average Bonchev–Trinajstić information content (AvgIpc) is 2.66. The number of hydrogen-bond acceptors (Lipinski definition) is 6. The molecule has 7 nitrogen and oxygen atoms in total. The van der Waals surface area contributed by atoms with Gasteiger partial charge in [-0.05, 0) is 31.1 Å². The number of rotatable bonds is 17. The molecule has 0 aromatic rings. The second kappa shape index (κ2) is 14.1. The second-order valence-electron chi connectivity index (χ2n) is 8.37. The van der Waals surface area contributed by atoms with E-state index in [-0.39, 0.29) is 24.0 Å². The molecule has 2 N–H and O–H groups in total. The highest BCUT2D eigenvalue weighted by Crippen LogP contribution is 2.27. The summed E-state index contributed by atoms with van der Waals surface area (Å²) in [6, 6.07) is 0. The van der Waals surface area contributed by atoms with Gasteiger partial charge in [0.15, 0.2) is 0 Å². The van der Waals surface area contributed by atoms with Gasteiger partial charge in [-0.15, -0.1) is 0 Å². The Morgan fingerprint density at radius 3 is 1.89 bits per heavy atom. The Morgan fingerprint density at radius 1 is 0.857 bits per heavy atom. The van der Waals surface area contributed by atoms with Crippen LogP contribution in [0, 0.1) is 10.8 Å². The maximum atomic E-state index is 10.7. The van der Waals surface area contributed by atoms with Crippen molar-refractivity contribution in [3.05, 3.63) is 0 Å². The van der Waals surface area contributed by atoms with Gasteiger partial charge in [-0.3, -0.25) is 0 Å². The van der Waals surface area contributed by atoms with Crippen molar-refractivity contribution in [3.63, 3.8) is 0 Å². The first kappa shape index (κ1) is 27.1. The molecule has 0 saturated heterocycles. The zero-order chi connectivity index (χ0) is 21.6. The van der Waals surface area contributed by atoms with E-state index in [1.165, 1.54) is 0 Å². The molecule has 0 radical (unpaired) electrons. The molecule has 0 bridgehead atoms. The van der Waals surface area contributed by atoms with Crippen molar-refractivity contribution in [3.8, 4) is 0 Å². The predicted molar refractivity (Wildman–Crippen MR) is 109 cm³/mol. The molecule has 28 heavy (non-hydrogen) atoms. The molecule has 0 heterocycles. The van der Waals surface area contributed by atoms with E-state index in [1.807, 2.05) is 13.8 Å². The van der Waals surface area contributed by atoms with Crippen LogP contribution in [-0.2, 0) is 18.9 Å². The van der Waals surface area contributed by atoms with Crippen LogP contribution in [0.3, 0.4) is 0 Å². The van der Waals surface area contributed by atoms with Crippen molar-refractivity contribution >= 4 is 6.16 Å². The summed E-state index contributed by atoms with van der Waals surface area (Å²) >= 11 is 0. The van der Waals surface area contributed by atoms with Gasteiger partial charge in [-0.2, -0.15) is 0 Å². The molecule has 0 aliphatic rings. The smallest absolute Gasteiger partial charge is 0.450 e. The largest absolute Gasteiger partial charge is 0.506 e. The third-order valence-electron chi connectivity index (χ3n) is 5.23. The summed E-state index contributed by atoms with van der Waals surface area (Å²) in [5, 5.41) is 18.5. The molecular weight excluding hydrogens is 364 g/mol. The van der Waals surface area contributed by atoms with E-state index >= 15 is 0 Å². The van der Waals surface area contributed by atoms with E-state index in [2.05, 4.69) is 27.7 Å². The SMILES string of the molecule is CCC(O)COCC(CC)(COCC(CC)OC(=O)O)COCC(C)(C)CC. The van der Waals surface area contributed by atoms with Crippen LogP contribution in [0.5, 0.6) is 0 Å². The topological polar surface area (TPSA) is 94.5 Å². The van der Waals surface area contributed by atoms with E-state index in [0.29, 0.717) is 39.3 Å². The lowest BCUT2D eigenvalue weighted by Crippen LogP contribution is -2.39. The number of aliphatic hydroxyl groups is 1. The Kier molecular flexibility index (Phi) is 13.7. The minimum atomic E-state index is -1.29. The molecule has 3 atom stereocenters. The van der Waals surface area contributed by atoms with Crippen molar-refractivity contribution in [1.29, 1.82) is 0 Å². The highest BCUT2D eigenvalue weighted by molar-refractivity contribution is 5.57. The molecule has 0 aliphatic carbocycles. The average molecular weight is 407 g/mol. The molecule has 0 aromatic heterocycles. The summed E-state index contributed by atoms with van der Waals surface area (Å²) in [4.78, 5) is 10.7. The molecule has 0 rings (SSSR count). The standard InChI is InChI=1S/C21H42O7/c1-7-17(22)11-25-14-21(10-4,16-27-13-20(5,6)9-3)15-26-12-18(8-2)28-19(23)24/h17-18,22H,7-16H2,1-6H3,(H,23,24). The molecule has 7 heteroatoms. The number of ether oxygens (including phenoxy) is 4. The van der Waals surface area contributed by atoms with Gasteiger partial charge in [0.2, 0.25) is 0 Å². The summed E-state index contributed by atoms with van der Waals surface area (Å²) < 4.78 is 22.4. The van der Waals surface area contributed by atoms with Crippen LogP contribution < -0.4 is 0 Å². The summed E-state index contributed by atoms with van der Waals surface area (Å²) in [5.74, 6) is 0. The lowest BCUT2D eigenvalue weighted by atomic mass is 9.87. The van der Waals surface area contributed by atoms with Gasteiger partial charge in [0.25, 0.3) is 0 Å². The first-order valence-electron chi connectivity index (χ1n) is 10.4.